The summed E-state index contributed by atoms with van der Waals surface area (Å²) in [5, 5.41) is 0. The summed E-state index contributed by atoms with van der Waals surface area (Å²) in [4.78, 5) is 14.9. The zero-order valence-electron chi connectivity index (χ0n) is 12.0. The van der Waals surface area contributed by atoms with Crippen LogP contribution in [0.15, 0.2) is 0 Å². The molecule has 0 aliphatic heterocycles. The Hall–Kier alpha value is -0.570. The largest absolute Gasteiger partial charge is 0.338 e. The molecule has 0 aromatic heterocycles. The predicted molar refractivity (Wildman–Crippen MR) is 74.2 cm³/mol. The molecule has 0 bridgehead atoms. The lowest BCUT2D eigenvalue weighted by atomic mass is 9.76. The Labute approximate surface area is 111 Å². The van der Waals surface area contributed by atoms with E-state index in [-0.39, 0.29) is 5.91 Å². The molecule has 18 heavy (non-hydrogen) atoms. The number of amides is 1. The van der Waals surface area contributed by atoms with Crippen molar-refractivity contribution >= 4 is 5.91 Å². The molecule has 0 spiro atoms. The van der Waals surface area contributed by atoms with Crippen molar-refractivity contribution in [3.05, 3.63) is 0 Å². The zero-order chi connectivity index (χ0) is 13.2. The maximum atomic E-state index is 12.8. The van der Waals surface area contributed by atoms with Gasteiger partial charge in [0, 0.05) is 12.6 Å². The molecular formula is C15H28N2O. The molecule has 3 heteroatoms. The Morgan fingerprint density at radius 1 is 1.39 bits per heavy atom. The minimum absolute atomic E-state index is 0.241. The van der Waals surface area contributed by atoms with Crippen molar-refractivity contribution in [1.29, 1.82) is 0 Å². The molecule has 0 aromatic rings. The molecule has 2 aliphatic rings. The van der Waals surface area contributed by atoms with E-state index in [1.807, 2.05) is 0 Å². The normalized spacial score (nSPS) is 32.3. The van der Waals surface area contributed by atoms with Crippen molar-refractivity contribution in [2.75, 3.05) is 6.54 Å². The smallest absolute Gasteiger partial charge is 0.242 e. The molecule has 2 N–H and O–H groups in total. The van der Waals surface area contributed by atoms with Crippen molar-refractivity contribution in [2.24, 2.45) is 11.7 Å². The van der Waals surface area contributed by atoms with Crippen molar-refractivity contribution in [2.45, 2.75) is 76.8 Å². The van der Waals surface area contributed by atoms with Crippen LogP contribution >= 0.6 is 0 Å². The lowest BCUT2D eigenvalue weighted by Crippen LogP contribution is -2.58. The summed E-state index contributed by atoms with van der Waals surface area (Å²) in [6.45, 7) is 5.31. The van der Waals surface area contributed by atoms with Crippen molar-refractivity contribution in [3.63, 3.8) is 0 Å². The number of carbonyl (C=O) groups excluding carboxylic acids is 1. The van der Waals surface area contributed by atoms with Crippen LogP contribution in [-0.2, 0) is 4.79 Å². The van der Waals surface area contributed by atoms with E-state index in [9.17, 15) is 4.79 Å². The topological polar surface area (TPSA) is 46.3 Å². The third kappa shape index (κ3) is 3.05. The Balaban J connectivity index is 2.02. The molecule has 0 aromatic carbocycles. The summed E-state index contributed by atoms with van der Waals surface area (Å²) < 4.78 is 0. The van der Waals surface area contributed by atoms with Gasteiger partial charge in [0.05, 0.1) is 5.54 Å². The van der Waals surface area contributed by atoms with Crippen molar-refractivity contribution in [1.82, 2.24) is 4.90 Å². The Morgan fingerprint density at radius 2 is 2.11 bits per heavy atom. The first-order valence-electron chi connectivity index (χ1n) is 7.67. The maximum Gasteiger partial charge on any atom is 0.242 e. The minimum Gasteiger partial charge on any atom is -0.338 e. The predicted octanol–water partition coefficient (Wildman–Crippen LogP) is 2.69. The Morgan fingerprint density at radius 3 is 2.67 bits per heavy atom. The third-order valence-electron chi connectivity index (χ3n) is 4.46. The van der Waals surface area contributed by atoms with Gasteiger partial charge in [-0.05, 0) is 38.0 Å². The van der Waals surface area contributed by atoms with Crippen LogP contribution in [0.5, 0.6) is 0 Å². The Kier molecular flexibility index (Phi) is 4.31. The lowest BCUT2D eigenvalue weighted by Gasteiger charge is -2.39. The van der Waals surface area contributed by atoms with Crippen LogP contribution in [0.4, 0.5) is 0 Å². The van der Waals surface area contributed by atoms with Crippen molar-refractivity contribution in [3.8, 4) is 0 Å². The van der Waals surface area contributed by atoms with Gasteiger partial charge in [-0.25, -0.2) is 0 Å². The molecular weight excluding hydrogens is 224 g/mol. The average Bonchev–Trinajstić information content (AvgIpc) is 3.13. The van der Waals surface area contributed by atoms with E-state index in [0.29, 0.717) is 12.0 Å². The second-order valence-electron chi connectivity index (χ2n) is 6.44. The number of hydrogen-bond acceptors (Lipinski definition) is 2. The zero-order valence-corrected chi connectivity index (χ0v) is 12.0. The third-order valence-corrected chi connectivity index (χ3v) is 4.46. The van der Waals surface area contributed by atoms with Gasteiger partial charge in [0.1, 0.15) is 0 Å². The lowest BCUT2D eigenvalue weighted by molar-refractivity contribution is -0.139. The quantitative estimate of drug-likeness (QED) is 0.817. The average molecular weight is 252 g/mol. The molecule has 2 fully saturated rings. The SMILES string of the molecule is CCCCN(C(=O)C1(N)CCCC(C)C1)C1CC1. The van der Waals surface area contributed by atoms with Gasteiger partial charge < -0.3 is 10.6 Å². The van der Waals surface area contributed by atoms with Crippen molar-refractivity contribution < 1.29 is 4.79 Å². The second kappa shape index (κ2) is 5.60. The summed E-state index contributed by atoms with van der Waals surface area (Å²) in [7, 11) is 0. The van der Waals surface area contributed by atoms with Crippen LogP contribution in [0.2, 0.25) is 0 Å². The van der Waals surface area contributed by atoms with Crippen LogP contribution in [0.25, 0.3) is 0 Å². The molecule has 104 valence electrons. The highest BCUT2D eigenvalue weighted by molar-refractivity contribution is 5.86. The molecule has 1 amide bonds. The van der Waals surface area contributed by atoms with Crippen LogP contribution in [-0.4, -0.2) is 28.9 Å². The van der Waals surface area contributed by atoms with Gasteiger partial charge in [-0.15, -0.1) is 0 Å². The van der Waals surface area contributed by atoms with Gasteiger partial charge >= 0.3 is 0 Å². The molecule has 2 aliphatic carbocycles. The van der Waals surface area contributed by atoms with Gasteiger partial charge in [-0.2, -0.15) is 0 Å². The van der Waals surface area contributed by atoms with E-state index >= 15 is 0 Å². The first-order chi connectivity index (χ1) is 8.57. The molecule has 2 unspecified atom stereocenters. The fourth-order valence-electron chi connectivity index (χ4n) is 3.24. The number of nitrogens with two attached hydrogens (primary N) is 1. The highest BCUT2D eigenvalue weighted by Crippen LogP contribution is 2.35. The number of hydrogen-bond donors (Lipinski definition) is 1. The number of rotatable bonds is 5. The molecule has 3 nitrogen and oxygen atoms in total. The molecule has 0 radical (unpaired) electrons. The highest BCUT2D eigenvalue weighted by atomic mass is 16.2. The molecule has 2 atom stereocenters. The number of carbonyl (C=O) groups is 1. The van der Waals surface area contributed by atoms with Gasteiger partial charge in [0.15, 0.2) is 0 Å². The fraction of sp³-hybridized carbons (Fsp3) is 0.933. The van der Waals surface area contributed by atoms with E-state index in [1.165, 1.54) is 19.3 Å². The maximum absolute atomic E-state index is 12.8. The van der Waals surface area contributed by atoms with Crippen LogP contribution in [0.1, 0.15) is 65.2 Å². The molecule has 2 saturated carbocycles. The van der Waals surface area contributed by atoms with E-state index < -0.39 is 5.54 Å². The second-order valence-corrected chi connectivity index (χ2v) is 6.44. The summed E-state index contributed by atoms with van der Waals surface area (Å²) in [6, 6.07) is 0.502. The molecule has 0 heterocycles. The van der Waals surface area contributed by atoms with Crippen LogP contribution in [0.3, 0.4) is 0 Å². The van der Waals surface area contributed by atoms with E-state index in [2.05, 4.69) is 18.7 Å². The van der Waals surface area contributed by atoms with Gasteiger partial charge in [0.25, 0.3) is 0 Å². The Bertz CT molecular complexity index is 301. The monoisotopic (exact) mass is 252 g/mol. The summed E-state index contributed by atoms with van der Waals surface area (Å²) in [5.74, 6) is 0.838. The first kappa shape index (κ1) is 13.9. The van der Waals surface area contributed by atoms with E-state index in [1.54, 1.807) is 0 Å². The first-order valence-corrected chi connectivity index (χ1v) is 7.67. The van der Waals surface area contributed by atoms with E-state index in [0.717, 1.165) is 38.6 Å². The van der Waals surface area contributed by atoms with Gasteiger partial charge in [-0.3, -0.25) is 4.79 Å². The molecule has 2 rings (SSSR count). The standard InChI is InChI=1S/C15H28N2O/c1-3-4-10-17(13-7-8-13)14(18)15(16)9-5-6-12(2)11-15/h12-13H,3-11,16H2,1-2H3. The highest BCUT2D eigenvalue weighted by Gasteiger charge is 2.44. The molecule has 0 saturated heterocycles. The summed E-state index contributed by atoms with van der Waals surface area (Å²) >= 11 is 0. The number of unbranched alkanes of at least 4 members (excludes halogenated alkanes) is 1. The number of nitrogens with zero attached hydrogens (tertiary/aromatic N) is 1. The van der Waals surface area contributed by atoms with Gasteiger partial charge in [-0.1, -0.05) is 33.1 Å². The van der Waals surface area contributed by atoms with Crippen LogP contribution in [0, 0.1) is 5.92 Å². The summed E-state index contributed by atoms with van der Waals surface area (Å²) in [5.41, 5.74) is 5.88. The van der Waals surface area contributed by atoms with E-state index in [4.69, 9.17) is 5.73 Å². The summed E-state index contributed by atoms with van der Waals surface area (Å²) in [6.07, 6.45) is 8.70. The fourth-order valence-corrected chi connectivity index (χ4v) is 3.24. The van der Waals surface area contributed by atoms with Gasteiger partial charge in [0.2, 0.25) is 5.91 Å². The minimum atomic E-state index is -0.562. The van der Waals surface area contributed by atoms with Crippen LogP contribution < -0.4 is 5.73 Å².